The van der Waals surface area contributed by atoms with Gasteiger partial charge in [0.2, 0.25) is 0 Å². The molecule has 0 aromatic carbocycles. The molecule has 1 aliphatic rings. The fourth-order valence-electron chi connectivity index (χ4n) is 2.03. The van der Waals surface area contributed by atoms with Gasteiger partial charge < -0.3 is 5.32 Å². The Morgan fingerprint density at radius 1 is 1.41 bits per heavy atom. The lowest BCUT2D eigenvalue weighted by atomic mass is 10.0. The zero-order valence-corrected chi connectivity index (χ0v) is 9.59. The number of hydrogen-bond acceptors (Lipinski definition) is 3. The third-order valence-corrected chi connectivity index (χ3v) is 2.95. The summed E-state index contributed by atoms with van der Waals surface area (Å²) < 4.78 is 38.4. The number of rotatable bonds is 2. The second kappa shape index (κ2) is 4.64. The number of alkyl halides is 3. The molecule has 0 amide bonds. The summed E-state index contributed by atoms with van der Waals surface area (Å²) in [5.74, 6) is -0.664. The van der Waals surface area contributed by atoms with Gasteiger partial charge in [0, 0.05) is 19.5 Å². The standard InChI is InChI=1S/C10H15F3N4/c1-17-8(6-7-4-2-3-5-14-7)15-9(16-17)10(11,12)13/h7,14H,2-6H2,1H3. The molecular weight excluding hydrogens is 233 g/mol. The predicted molar refractivity (Wildman–Crippen MR) is 55.4 cm³/mol. The zero-order chi connectivity index (χ0) is 12.5. The van der Waals surface area contributed by atoms with Crippen molar-refractivity contribution in [2.45, 2.75) is 37.9 Å². The van der Waals surface area contributed by atoms with Crippen LogP contribution in [0.4, 0.5) is 13.2 Å². The van der Waals surface area contributed by atoms with E-state index < -0.39 is 12.0 Å². The van der Waals surface area contributed by atoms with Gasteiger partial charge in [-0.3, -0.25) is 4.68 Å². The number of aromatic nitrogens is 3. The largest absolute Gasteiger partial charge is 0.453 e. The molecular formula is C10H15F3N4. The van der Waals surface area contributed by atoms with Crippen LogP contribution in [0.2, 0.25) is 0 Å². The number of halogens is 3. The van der Waals surface area contributed by atoms with Crippen molar-refractivity contribution in [2.24, 2.45) is 7.05 Å². The number of nitrogens with zero attached hydrogens (tertiary/aromatic N) is 3. The summed E-state index contributed by atoms with van der Waals surface area (Å²) in [6.45, 7) is 0.925. The Morgan fingerprint density at radius 3 is 2.71 bits per heavy atom. The molecule has 0 spiro atoms. The van der Waals surface area contributed by atoms with Crippen molar-refractivity contribution >= 4 is 0 Å². The maximum absolute atomic E-state index is 12.4. The first-order valence-electron chi connectivity index (χ1n) is 5.67. The Hall–Kier alpha value is -1.11. The van der Waals surface area contributed by atoms with Crippen LogP contribution in [0.5, 0.6) is 0 Å². The van der Waals surface area contributed by atoms with Crippen LogP contribution in [0.25, 0.3) is 0 Å². The lowest BCUT2D eigenvalue weighted by molar-refractivity contribution is -0.145. The number of nitrogens with one attached hydrogen (secondary N) is 1. The maximum Gasteiger partial charge on any atom is 0.453 e. The average molecular weight is 248 g/mol. The van der Waals surface area contributed by atoms with Crippen LogP contribution in [0.15, 0.2) is 0 Å². The second-order valence-electron chi connectivity index (χ2n) is 4.32. The van der Waals surface area contributed by atoms with Gasteiger partial charge in [0.1, 0.15) is 5.82 Å². The van der Waals surface area contributed by atoms with Crippen molar-refractivity contribution in [3.8, 4) is 0 Å². The summed E-state index contributed by atoms with van der Waals surface area (Å²) in [5, 5.41) is 6.68. The SMILES string of the molecule is Cn1nc(C(F)(F)F)nc1CC1CCCCN1. The molecule has 0 bridgehead atoms. The second-order valence-corrected chi connectivity index (χ2v) is 4.32. The van der Waals surface area contributed by atoms with E-state index in [0.717, 1.165) is 25.8 Å². The molecule has 1 aliphatic heterocycles. The quantitative estimate of drug-likeness (QED) is 0.862. The Kier molecular flexibility index (Phi) is 3.37. The van der Waals surface area contributed by atoms with Crippen molar-refractivity contribution in [2.75, 3.05) is 6.54 Å². The monoisotopic (exact) mass is 248 g/mol. The molecule has 2 rings (SSSR count). The van der Waals surface area contributed by atoms with E-state index in [0.29, 0.717) is 12.2 Å². The molecule has 0 aliphatic carbocycles. The molecule has 1 unspecified atom stereocenters. The van der Waals surface area contributed by atoms with E-state index >= 15 is 0 Å². The summed E-state index contributed by atoms with van der Waals surface area (Å²) in [4.78, 5) is 3.56. The molecule has 1 aromatic heterocycles. The van der Waals surface area contributed by atoms with E-state index in [1.54, 1.807) is 0 Å². The fourth-order valence-corrected chi connectivity index (χ4v) is 2.03. The van der Waals surface area contributed by atoms with Crippen LogP contribution in [-0.4, -0.2) is 27.4 Å². The lowest BCUT2D eigenvalue weighted by Crippen LogP contribution is -2.36. The summed E-state index contributed by atoms with van der Waals surface area (Å²) >= 11 is 0. The maximum atomic E-state index is 12.4. The topological polar surface area (TPSA) is 42.7 Å². The van der Waals surface area contributed by atoms with E-state index in [9.17, 15) is 13.2 Å². The third-order valence-electron chi connectivity index (χ3n) is 2.95. The Labute approximate surface area is 97.2 Å². The third kappa shape index (κ3) is 2.96. The molecule has 1 fully saturated rings. The molecule has 1 saturated heterocycles. The van der Waals surface area contributed by atoms with Crippen LogP contribution in [0.3, 0.4) is 0 Å². The Morgan fingerprint density at radius 2 is 2.18 bits per heavy atom. The molecule has 7 heteroatoms. The first-order valence-corrected chi connectivity index (χ1v) is 5.67. The van der Waals surface area contributed by atoms with E-state index in [1.807, 2.05) is 0 Å². The first kappa shape index (κ1) is 12.3. The van der Waals surface area contributed by atoms with Gasteiger partial charge in [-0.25, -0.2) is 4.98 Å². The Bertz CT molecular complexity index is 379. The van der Waals surface area contributed by atoms with Crippen molar-refractivity contribution in [3.63, 3.8) is 0 Å². The van der Waals surface area contributed by atoms with Gasteiger partial charge in [0.05, 0.1) is 0 Å². The van der Waals surface area contributed by atoms with Gasteiger partial charge in [-0.1, -0.05) is 6.42 Å². The van der Waals surface area contributed by atoms with E-state index in [2.05, 4.69) is 15.4 Å². The van der Waals surface area contributed by atoms with Gasteiger partial charge in [-0.2, -0.15) is 13.2 Å². The molecule has 0 radical (unpaired) electrons. The summed E-state index contributed by atoms with van der Waals surface area (Å²) in [6.07, 6.45) is -0.742. The highest BCUT2D eigenvalue weighted by molar-refractivity contribution is 4.98. The van der Waals surface area contributed by atoms with Crippen LogP contribution in [0.1, 0.15) is 30.9 Å². The van der Waals surface area contributed by atoms with Crippen LogP contribution >= 0.6 is 0 Å². The normalized spacial score (nSPS) is 21.8. The van der Waals surface area contributed by atoms with Crippen LogP contribution in [-0.2, 0) is 19.6 Å². The fraction of sp³-hybridized carbons (Fsp3) is 0.800. The zero-order valence-electron chi connectivity index (χ0n) is 9.59. The first-order chi connectivity index (χ1) is 7.97. The van der Waals surface area contributed by atoms with E-state index in [-0.39, 0.29) is 6.04 Å². The van der Waals surface area contributed by atoms with Crippen molar-refractivity contribution in [3.05, 3.63) is 11.6 Å². The van der Waals surface area contributed by atoms with Gasteiger partial charge in [0.15, 0.2) is 0 Å². The van der Waals surface area contributed by atoms with Crippen molar-refractivity contribution in [1.29, 1.82) is 0 Å². The van der Waals surface area contributed by atoms with Crippen LogP contribution in [0, 0.1) is 0 Å². The van der Waals surface area contributed by atoms with Crippen LogP contribution < -0.4 is 5.32 Å². The molecule has 1 atom stereocenters. The minimum absolute atomic E-state index is 0.215. The predicted octanol–water partition coefficient (Wildman–Crippen LogP) is 1.52. The summed E-state index contributed by atoms with van der Waals surface area (Å²) in [5.41, 5.74) is 0. The molecule has 1 aromatic rings. The average Bonchev–Trinajstić information content (AvgIpc) is 2.62. The molecule has 96 valence electrons. The minimum Gasteiger partial charge on any atom is -0.314 e. The van der Waals surface area contributed by atoms with Gasteiger partial charge in [-0.05, 0) is 19.4 Å². The highest BCUT2D eigenvalue weighted by Crippen LogP contribution is 2.26. The number of aryl methyl sites for hydroxylation is 1. The molecule has 1 N–H and O–H groups in total. The van der Waals surface area contributed by atoms with Gasteiger partial charge in [0.25, 0.3) is 5.82 Å². The minimum atomic E-state index is -4.46. The highest BCUT2D eigenvalue weighted by atomic mass is 19.4. The van der Waals surface area contributed by atoms with E-state index in [4.69, 9.17) is 0 Å². The highest BCUT2D eigenvalue weighted by Gasteiger charge is 2.36. The smallest absolute Gasteiger partial charge is 0.314 e. The van der Waals surface area contributed by atoms with Gasteiger partial charge >= 0.3 is 6.18 Å². The molecule has 4 nitrogen and oxygen atoms in total. The lowest BCUT2D eigenvalue weighted by Gasteiger charge is -2.22. The van der Waals surface area contributed by atoms with Gasteiger partial charge in [-0.15, -0.1) is 5.10 Å². The molecule has 17 heavy (non-hydrogen) atoms. The molecule has 0 saturated carbocycles. The Balaban J connectivity index is 2.07. The number of hydrogen-bond donors (Lipinski definition) is 1. The number of piperidine rings is 1. The summed E-state index contributed by atoms with van der Waals surface area (Å²) in [7, 11) is 1.50. The van der Waals surface area contributed by atoms with Crippen molar-refractivity contribution < 1.29 is 13.2 Å². The van der Waals surface area contributed by atoms with Crippen molar-refractivity contribution in [1.82, 2.24) is 20.1 Å². The van der Waals surface area contributed by atoms with E-state index in [1.165, 1.54) is 11.7 Å². The molecule has 2 heterocycles. The summed E-state index contributed by atoms with van der Waals surface area (Å²) in [6, 6.07) is 0.215.